The van der Waals surface area contributed by atoms with Crippen LogP contribution in [0.2, 0.25) is 0 Å². The molecule has 0 amide bonds. The van der Waals surface area contributed by atoms with Crippen molar-refractivity contribution in [1.29, 1.82) is 0 Å². The molecular formula is C52H92NO8+. The van der Waals surface area contributed by atoms with E-state index in [2.05, 4.69) is 74.6 Å². The first-order valence-electron chi connectivity index (χ1n) is 24.5. The summed E-state index contributed by atoms with van der Waals surface area (Å²) in [6, 6.07) is 0. The summed E-state index contributed by atoms with van der Waals surface area (Å²) in [5, 5.41) is 9.65. The largest absolute Gasteiger partial charge is 0.477 e. The maximum absolute atomic E-state index is 12.8. The highest BCUT2D eigenvalue weighted by molar-refractivity contribution is 5.71. The zero-order valence-electron chi connectivity index (χ0n) is 39.8. The van der Waals surface area contributed by atoms with Gasteiger partial charge < -0.3 is 28.5 Å². The molecule has 0 saturated carbocycles. The fourth-order valence-corrected chi connectivity index (χ4v) is 6.47. The van der Waals surface area contributed by atoms with Crippen LogP contribution in [0.3, 0.4) is 0 Å². The van der Waals surface area contributed by atoms with E-state index in [4.69, 9.17) is 18.9 Å². The summed E-state index contributed by atoms with van der Waals surface area (Å²) in [4.78, 5) is 37.2. The number of hydrogen-bond acceptors (Lipinski definition) is 7. The number of unbranched alkanes of at least 4 members (excludes halogenated alkanes) is 19. The van der Waals surface area contributed by atoms with Crippen molar-refractivity contribution in [2.75, 3.05) is 47.5 Å². The molecule has 0 aliphatic carbocycles. The Morgan fingerprint density at radius 3 is 1.39 bits per heavy atom. The monoisotopic (exact) mass is 859 g/mol. The lowest BCUT2D eigenvalue weighted by atomic mass is 10.1. The molecule has 0 aromatic carbocycles. The van der Waals surface area contributed by atoms with Crippen molar-refractivity contribution in [3.63, 3.8) is 0 Å². The maximum atomic E-state index is 12.8. The van der Waals surface area contributed by atoms with E-state index in [0.29, 0.717) is 23.9 Å². The van der Waals surface area contributed by atoms with Gasteiger partial charge in [-0.2, -0.15) is 0 Å². The molecular weight excluding hydrogens is 767 g/mol. The number of aliphatic carboxylic acids is 1. The fraction of sp³-hybridized carbons (Fsp3) is 0.750. The second-order valence-corrected chi connectivity index (χ2v) is 17.4. The van der Waals surface area contributed by atoms with Gasteiger partial charge in [-0.3, -0.25) is 9.59 Å². The van der Waals surface area contributed by atoms with Gasteiger partial charge in [-0.15, -0.1) is 0 Å². The highest BCUT2D eigenvalue weighted by Crippen LogP contribution is 2.14. The SMILES string of the molecule is CC/C=C\C/C=C\C/C=C\CCCCCCCC(=O)OC(COC(=O)CCCCCCCCCCC/C=C\C/C=C\CCCCCCC)COC(OCC[N+](C)(C)C)C(=O)O. The molecule has 0 rings (SSSR count). The van der Waals surface area contributed by atoms with Crippen molar-refractivity contribution in [1.82, 2.24) is 0 Å². The Balaban J connectivity index is 4.38. The smallest absolute Gasteiger partial charge is 0.361 e. The molecule has 0 aromatic heterocycles. The number of likely N-dealkylation sites (N-methyl/N-ethyl adjacent to an activating group) is 1. The average Bonchev–Trinajstić information content (AvgIpc) is 3.22. The Morgan fingerprint density at radius 1 is 0.508 bits per heavy atom. The van der Waals surface area contributed by atoms with Crippen molar-refractivity contribution >= 4 is 17.9 Å². The van der Waals surface area contributed by atoms with Crippen LogP contribution < -0.4 is 0 Å². The number of quaternary nitrogens is 1. The van der Waals surface area contributed by atoms with Gasteiger partial charge in [-0.25, -0.2) is 4.79 Å². The first-order valence-corrected chi connectivity index (χ1v) is 24.5. The molecule has 0 fully saturated rings. The third kappa shape index (κ3) is 44.8. The third-order valence-corrected chi connectivity index (χ3v) is 10.3. The summed E-state index contributed by atoms with van der Waals surface area (Å²) in [5.74, 6) is -2.04. The summed E-state index contributed by atoms with van der Waals surface area (Å²) >= 11 is 0. The van der Waals surface area contributed by atoms with Crippen molar-refractivity contribution in [2.24, 2.45) is 0 Å². The van der Waals surface area contributed by atoms with E-state index in [1.165, 1.54) is 83.5 Å². The van der Waals surface area contributed by atoms with Crippen LogP contribution in [0.4, 0.5) is 0 Å². The van der Waals surface area contributed by atoms with Crippen LogP contribution in [0.25, 0.3) is 0 Å². The molecule has 0 heterocycles. The fourth-order valence-electron chi connectivity index (χ4n) is 6.47. The first-order chi connectivity index (χ1) is 29.6. The van der Waals surface area contributed by atoms with Crippen LogP contribution in [-0.4, -0.2) is 87.4 Å². The van der Waals surface area contributed by atoms with Crippen LogP contribution in [0.1, 0.15) is 194 Å². The van der Waals surface area contributed by atoms with Gasteiger partial charge in [0.25, 0.3) is 6.29 Å². The molecule has 2 atom stereocenters. The zero-order valence-corrected chi connectivity index (χ0v) is 39.8. The van der Waals surface area contributed by atoms with Gasteiger partial charge in [0.1, 0.15) is 13.2 Å². The predicted octanol–water partition coefficient (Wildman–Crippen LogP) is 13.3. The van der Waals surface area contributed by atoms with Gasteiger partial charge in [0.2, 0.25) is 0 Å². The second-order valence-electron chi connectivity index (χ2n) is 17.4. The number of hydrogen-bond donors (Lipinski definition) is 1. The quantitative estimate of drug-likeness (QED) is 0.0212. The minimum atomic E-state index is -1.52. The van der Waals surface area contributed by atoms with E-state index in [9.17, 15) is 19.5 Å². The standard InChI is InChI=1S/C52H91NO8/c1-6-8-10-12-14-16-18-20-22-23-24-25-26-27-29-30-32-34-36-38-40-42-49(54)59-46-48(47-60-52(51(56)57)58-45-44-53(3,4)5)61-50(55)43-41-39-37-35-33-31-28-21-19-17-15-13-11-9-7-2/h9,11,15,17-18,20-21,23-24,28,48,52H,6-8,10,12-14,16,19,22,25-27,29-47H2,1-5H3/p+1/b11-9-,17-15-,20-18-,24-23-,28-21-. The molecule has 1 N–H and O–H groups in total. The molecule has 61 heavy (non-hydrogen) atoms. The Kier molecular flexibility index (Phi) is 41.5. The number of allylic oxidation sites excluding steroid dienone is 10. The Labute approximate surface area is 374 Å². The molecule has 0 radical (unpaired) electrons. The molecule has 352 valence electrons. The zero-order chi connectivity index (χ0) is 44.9. The van der Waals surface area contributed by atoms with Crippen LogP contribution in [0.15, 0.2) is 60.8 Å². The Hall–Kier alpha value is -3.01. The molecule has 0 bridgehead atoms. The lowest BCUT2D eigenvalue weighted by Gasteiger charge is -2.25. The van der Waals surface area contributed by atoms with E-state index in [0.717, 1.165) is 77.0 Å². The third-order valence-electron chi connectivity index (χ3n) is 10.3. The summed E-state index contributed by atoms with van der Waals surface area (Å²) < 4.78 is 22.7. The van der Waals surface area contributed by atoms with Crippen LogP contribution >= 0.6 is 0 Å². The molecule has 9 heteroatoms. The van der Waals surface area contributed by atoms with Crippen LogP contribution in [0.5, 0.6) is 0 Å². The summed E-state index contributed by atoms with van der Waals surface area (Å²) in [5.41, 5.74) is 0. The number of rotatable bonds is 44. The minimum absolute atomic E-state index is 0.181. The Bertz CT molecular complexity index is 1180. The van der Waals surface area contributed by atoms with E-state index in [-0.39, 0.29) is 32.2 Å². The summed E-state index contributed by atoms with van der Waals surface area (Å²) in [6.07, 6.45) is 49.9. The minimum Gasteiger partial charge on any atom is -0.477 e. The second kappa shape index (κ2) is 43.6. The molecule has 0 aromatic rings. The van der Waals surface area contributed by atoms with Gasteiger partial charge in [0.05, 0.1) is 34.4 Å². The maximum Gasteiger partial charge on any atom is 0.361 e. The van der Waals surface area contributed by atoms with Crippen molar-refractivity contribution in [2.45, 2.75) is 206 Å². The van der Waals surface area contributed by atoms with Crippen molar-refractivity contribution < 1.29 is 42.9 Å². The summed E-state index contributed by atoms with van der Waals surface area (Å²) in [7, 11) is 5.95. The van der Waals surface area contributed by atoms with Crippen molar-refractivity contribution in [3.05, 3.63) is 60.8 Å². The van der Waals surface area contributed by atoms with Gasteiger partial charge >= 0.3 is 17.9 Å². The van der Waals surface area contributed by atoms with Gasteiger partial charge in [0, 0.05) is 12.8 Å². The van der Waals surface area contributed by atoms with E-state index in [1.807, 2.05) is 21.1 Å². The van der Waals surface area contributed by atoms with Gasteiger partial charge in [-0.05, 0) is 77.0 Å². The van der Waals surface area contributed by atoms with E-state index >= 15 is 0 Å². The number of carboxylic acid groups (broad SMARTS) is 1. The number of carboxylic acids is 1. The number of nitrogens with zero attached hydrogens (tertiary/aromatic N) is 1. The van der Waals surface area contributed by atoms with E-state index in [1.54, 1.807) is 0 Å². The highest BCUT2D eigenvalue weighted by atomic mass is 16.7. The molecule has 9 nitrogen and oxygen atoms in total. The number of carbonyl (C=O) groups is 3. The van der Waals surface area contributed by atoms with E-state index < -0.39 is 24.3 Å². The highest BCUT2D eigenvalue weighted by Gasteiger charge is 2.25. The topological polar surface area (TPSA) is 108 Å². The van der Waals surface area contributed by atoms with Crippen molar-refractivity contribution in [3.8, 4) is 0 Å². The molecule has 2 unspecified atom stereocenters. The van der Waals surface area contributed by atoms with Crippen LogP contribution in [0, 0.1) is 0 Å². The van der Waals surface area contributed by atoms with Gasteiger partial charge in [0.15, 0.2) is 6.10 Å². The molecule has 0 aliphatic heterocycles. The average molecular weight is 859 g/mol. The molecule has 0 spiro atoms. The first kappa shape index (κ1) is 58.0. The lowest BCUT2D eigenvalue weighted by Crippen LogP contribution is -2.40. The molecule has 0 aliphatic rings. The lowest BCUT2D eigenvalue weighted by molar-refractivity contribution is -0.870. The van der Waals surface area contributed by atoms with Crippen LogP contribution in [-0.2, 0) is 33.3 Å². The summed E-state index contributed by atoms with van der Waals surface area (Å²) in [6.45, 7) is 4.72. The number of carbonyl (C=O) groups excluding carboxylic acids is 2. The number of esters is 2. The van der Waals surface area contributed by atoms with Gasteiger partial charge in [-0.1, -0.05) is 164 Å². The molecule has 0 saturated heterocycles. The Morgan fingerprint density at radius 2 is 0.934 bits per heavy atom. The predicted molar refractivity (Wildman–Crippen MR) is 253 cm³/mol. The number of ether oxygens (including phenoxy) is 4. The normalized spacial score (nSPS) is 13.4.